The third-order valence-electron chi connectivity index (χ3n) is 2.35. The maximum Gasteiger partial charge on any atom is 0.209 e. The summed E-state index contributed by atoms with van der Waals surface area (Å²) < 4.78 is 6.00. The molecule has 0 radical (unpaired) electrons. The van der Waals surface area contributed by atoms with Crippen molar-refractivity contribution in [1.29, 1.82) is 0 Å². The standard InChI is InChI=1S/C8H12BrN3OS/c1-13-5-6-2-3-12(4-6)8-11-10-7(9)14-8/h6H,2-5H2,1H3. The molecule has 1 aliphatic heterocycles. The molecule has 0 saturated carbocycles. The maximum atomic E-state index is 5.15. The average molecular weight is 278 g/mol. The number of anilines is 1. The lowest BCUT2D eigenvalue weighted by atomic mass is 10.1. The molecular formula is C8H12BrN3OS. The van der Waals surface area contributed by atoms with Crippen LogP contribution in [0.4, 0.5) is 5.13 Å². The molecule has 1 fully saturated rings. The van der Waals surface area contributed by atoms with Crippen molar-refractivity contribution in [1.82, 2.24) is 10.2 Å². The van der Waals surface area contributed by atoms with Crippen molar-refractivity contribution in [3.63, 3.8) is 0 Å². The second kappa shape index (κ2) is 4.55. The Morgan fingerprint density at radius 1 is 1.64 bits per heavy atom. The van der Waals surface area contributed by atoms with E-state index in [-0.39, 0.29) is 0 Å². The minimum absolute atomic E-state index is 0.641. The molecule has 0 aromatic carbocycles. The normalized spacial score (nSPS) is 21.9. The molecule has 0 spiro atoms. The van der Waals surface area contributed by atoms with E-state index in [9.17, 15) is 0 Å². The van der Waals surface area contributed by atoms with Crippen molar-refractivity contribution in [2.24, 2.45) is 5.92 Å². The zero-order valence-electron chi connectivity index (χ0n) is 7.94. The monoisotopic (exact) mass is 277 g/mol. The van der Waals surface area contributed by atoms with Crippen molar-refractivity contribution >= 4 is 32.4 Å². The van der Waals surface area contributed by atoms with Gasteiger partial charge in [0, 0.05) is 26.1 Å². The molecule has 0 amide bonds. The van der Waals surface area contributed by atoms with E-state index in [0.29, 0.717) is 5.92 Å². The second-order valence-electron chi connectivity index (χ2n) is 3.39. The van der Waals surface area contributed by atoms with E-state index in [1.54, 1.807) is 18.4 Å². The number of aromatic nitrogens is 2. The Morgan fingerprint density at radius 3 is 3.14 bits per heavy atom. The first-order valence-corrected chi connectivity index (χ1v) is 6.13. The van der Waals surface area contributed by atoms with Gasteiger partial charge < -0.3 is 9.64 Å². The lowest BCUT2D eigenvalue weighted by molar-refractivity contribution is 0.161. The molecule has 2 heterocycles. The first-order valence-electron chi connectivity index (χ1n) is 4.52. The fourth-order valence-corrected chi connectivity index (χ4v) is 2.83. The summed E-state index contributed by atoms with van der Waals surface area (Å²) in [6.45, 7) is 2.95. The quantitative estimate of drug-likeness (QED) is 0.844. The minimum atomic E-state index is 0.641. The predicted molar refractivity (Wildman–Crippen MR) is 59.8 cm³/mol. The van der Waals surface area contributed by atoms with Crippen LogP contribution < -0.4 is 4.90 Å². The highest BCUT2D eigenvalue weighted by Crippen LogP contribution is 2.28. The van der Waals surface area contributed by atoms with Crippen LogP contribution in [0.25, 0.3) is 0 Å². The van der Waals surface area contributed by atoms with Crippen LogP contribution >= 0.6 is 27.3 Å². The highest BCUT2D eigenvalue weighted by molar-refractivity contribution is 9.11. The van der Waals surface area contributed by atoms with Crippen LogP contribution in [0.1, 0.15) is 6.42 Å². The van der Waals surface area contributed by atoms with Crippen LogP contribution in [0.15, 0.2) is 3.92 Å². The third kappa shape index (κ3) is 2.24. The molecule has 2 rings (SSSR count). The van der Waals surface area contributed by atoms with Crippen molar-refractivity contribution in [2.45, 2.75) is 6.42 Å². The van der Waals surface area contributed by atoms with Gasteiger partial charge in [-0.25, -0.2) is 0 Å². The third-order valence-corrected chi connectivity index (χ3v) is 3.77. The van der Waals surface area contributed by atoms with Crippen LogP contribution in [-0.4, -0.2) is 37.0 Å². The Hall–Kier alpha value is -0.200. The number of rotatable bonds is 3. The summed E-state index contributed by atoms with van der Waals surface area (Å²) in [6.07, 6.45) is 1.19. The summed E-state index contributed by atoms with van der Waals surface area (Å²) in [6, 6.07) is 0. The van der Waals surface area contributed by atoms with Crippen LogP contribution in [0.3, 0.4) is 0 Å². The number of methoxy groups -OCH3 is 1. The Morgan fingerprint density at radius 2 is 2.50 bits per heavy atom. The van der Waals surface area contributed by atoms with Crippen LogP contribution in [-0.2, 0) is 4.74 Å². The molecule has 1 unspecified atom stereocenters. The first kappa shape index (κ1) is 10.3. The highest BCUT2D eigenvalue weighted by atomic mass is 79.9. The van der Waals surface area contributed by atoms with Gasteiger partial charge in [-0.1, -0.05) is 11.3 Å². The summed E-state index contributed by atoms with van der Waals surface area (Å²) in [4.78, 5) is 2.27. The van der Waals surface area contributed by atoms with E-state index in [1.807, 2.05) is 0 Å². The van der Waals surface area contributed by atoms with Crippen molar-refractivity contribution in [2.75, 3.05) is 31.7 Å². The fraction of sp³-hybridized carbons (Fsp3) is 0.750. The van der Waals surface area contributed by atoms with Crippen LogP contribution in [0.2, 0.25) is 0 Å². The molecule has 0 N–H and O–H groups in total. The average Bonchev–Trinajstić information content (AvgIpc) is 2.74. The number of hydrogen-bond donors (Lipinski definition) is 0. The number of ether oxygens (including phenoxy) is 1. The van der Waals surface area contributed by atoms with Gasteiger partial charge in [0.1, 0.15) is 0 Å². The van der Waals surface area contributed by atoms with E-state index in [1.165, 1.54) is 6.42 Å². The van der Waals surface area contributed by atoms with Crippen molar-refractivity contribution < 1.29 is 4.74 Å². The fourth-order valence-electron chi connectivity index (χ4n) is 1.70. The molecule has 4 nitrogen and oxygen atoms in total. The van der Waals surface area contributed by atoms with E-state index in [4.69, 9.17) is 4.74 Å². The molecule has 1 aromatic heterocycles. The van der Waals surface area contributed by atoms with E-state index >= 15 is 0 Å². The van der Waals surface area contributed by atoms with Gasteiger partial charge in [0.25, 0.3) is 0 Å². The van der Waals surface area contributed by atoms with E-state index < -0.39 is 0 Å². The largest absolute Gasteiger partial charge is 0.384 e. The topological polar surface area (TPSA) is 38.2 Å². The Balaban J connectivity index is 1.95. The molecule has 0 bridgehead atoms. The summed E-state index contributed by atoms with van der Waals surface area (Å²) >= 11 is 4.90. The highest BCUT2D eigenvalue weighted by Gasteiger charge is 2.24. The van der Waals surface area contributed by atoms with Gasteiger partial charge in [-0.3, -0.25) is 0 Å². The van der Waals surface area contributed by atoms with E-state index in [0.717, 1.165) is 28.7 Å². The molecule has 1 saturated heterocycles. The number of hydrogen-bond acceptors (Lipinski definition) is 5. The lowest BCUT2D eigenvalue weighted by Gasteiger charge is -2.13. The predicted octanol–water partition coefficient (Wildman–Crippen LogP) is 1.77. The Labute approximate surface area is 95.4 Å². The molecule has 0 aliphatic carbocycles. The maximum absolute atomic E-state index is 5.15. The number of halogens is 1. The Bertz CT molecular complexity index is 307. The summed E-state index contributed by atoms with van der Waals surface area (Å²) in [5.41, 5.74) is 0. The summed E-state index contributed by atoms with van der Waals surface area (Å²) in [5.74, 6) is 0.641. The van der Waals surface area contributed by atoms with E-state index in [2.05, 4.69) is 31.0 Å². The molecule has 1 aliphatic rings. The molecule has 14 heavy (non-hydrogen) atoms. The van der Waals surface area contributed by atoms with Gasteiger partial charge in [-0.2, -0.15) is 0 Å². The smallest absolute Gasteiger partial charge is 0.209 e. The van der Waals surface area contributed by atoms with Gasteiger partial charge in [-0.05, 0) is 22.4 Å². The van der Waals surface area contributed by atoms with Crippen LogP contribution in [0.5, 0.6) is 0 Å². The zero-order valence-corrected chi connectivity index (χ0v) is 10.3. The molecule has 6 heteroatoms. The first-order chi connectivity index (χ1) is 6.79. The van der Waals surface area contributed by atoms with Crippen LogP contribution in [0, 0.1) is 5.92 Å². The molecular weight excluding hydrogens is 266 g/mol. The molecule has 1 atom stereocenters. The van der Waals surface area contributed by atoms with Gasteiger partial charge in [0.15, 0.2) is 3.92 Å². The van der Waals surface area contributed by atoms with Gasteiger partial charge in [-0.15, -0.1) is 10.2 Å². The SMILES string of the molecule is COCC1CCN(c2nnc(Br)s2)C1. The van der Waals surface area contributed by atoms with Crippen molar-refractivity contribution in [3.05, 3.63) is 3.92 Å². The molecule has 1 aromatic rings. The second-order valence-corrected chi connectivity index (χ2v) is 5.63. The van der Waals surface area contributed by atoms with Gasteiger partial charge in [0.2, 0.25) is 5.13 Å². The van der Waals surface area contributed by atoms with Gasteiger partial charge >= 0.3 is 0 Å². The van der Waals surface area contributed by atoms with Crippen molar-refractivity contribution in [3.8, 4) is 0 Å². The Kier molecular flexibility index (Phi) is 3.35. The zero-order chi connectivity index (χ0) is 9.97. The lowest BCUT2D eigenvalue weighted by Crippen LogP contribution is -2.20. The summed E-state index contributed by atoms with van der Waals surface area (Å²) in [5, 5.41) is 9.05. The summed E-state index contributed by atoms with van der Waals surface area (Å²) in [7, 11) is 1.75. The number of nitrogens with zero attached hydrogens (tertiary/aromatic N) is 3. The van der Waals surface area contributed by atoms with Gasteiger partial charge in [0.05, 0.1) is 6.61 Å². The molecule has 78 valence electrons. The minimum Gasteiger partial charge on any atom is -0.384 e.